The van der Waals surface area contributed by atoms with Crippen LogP contribution < -0.4 is 10.6 Å². The van der Waals surface area contributed by atoms with Gasteiger partial charge in [-0.1, -0.05) is 12.8 Å². The third-order valence-corrected chi connectivity index (χ3v) is 5.87. The van der Waals surface area contributed by atoms with Gasteiger partial charge in [0, 0.05) is 32.1 Å². The van der Waals surface area contributed by atoms with Gasteiger partial charge in [0.05, 0.1) is 0 Å². The molecular weight excluding hydrogens is 345 g/mol. The molecule has 0 radical (unpaired) electrons. The summed E-state index contributed by atoms with van der Waals surface area (Å²) in [5, 5.41) is 6.67. The van der Waals surface area contributed by atoms with E-state index >= 15 is 0 Å². The van der Waals surface area contributed by atoms with Crippen LogP contribution in [0.4, 0.5) is 0 Å². The second-order valence-electron chi connectivity index (χ2n) is 7.70. The highest BCUT2D eigenvalue weighted by atomic mass is 35.5. The molecule has 3 rings (SSSR count). The molecule has 1 aliphatic carbocycles. The van der Waals surface area contributed by atoms with E-state index in [0.717, 1.165) is 50.7 Å². The van der Waals surface area contributed by atoms with E-state index in [-0.39, 0.29) is 30.7 Å². The first-order valence-electron chi connectivity index (χ1n) is 9.52. The van der Waals surface area contributed by atoms with E-state index in [4.69, 9.17) is 0 Å². The van der Waals surface area contributed by atoms with Crippen molar-refractivity contribution in [2.45, 2.75) is 63.8 Å². The largest absolute Gasteiger partial charge is 0.352 e. The number of halogens is 2. The molecule has 1 unspecified atom stereocenters. The number of amides is 1. The third-order valence-electron chi connectivity index (χ3n) is 5.87. The van der Waals surface area contributed by atoms with Crippen molar-refractivity contribution in [1.29, 1.82) is 0 Å². The van der Waals surface area contributed by atoms with E-state index in [2.05, 4.69) is 15.5 Å². The van der Waals surface area contributed by atoms with Crippen LogP contribution in [-0.2, 0) is 4.79 Å². The predicted molar refractivity (Wildman–Crippen MR) is 104 cm³/mol. The summed E-state index contributed by atoms with van der Waals surface area (Å²) in [6.07, 6.45) is 11.1. The molecule has 2 aliphatic heterocycles. The minimum atomic E-state index is 0. The van der Waals surface area contributed by atoms with Gasteiger partial charge in [-0.2, -0.15) is 0 Å². The Kier molecular flexibility index (Phi) is 10.6. The van der Waals surface area contributed by atoms with Gasteiger partial charge in [-0.05, 0) is 63.5 Å². The molecule has 0 aromatic heterocycles. The van der Waals surface area contributed by atoms with Gasteiger partial charge in [-0.25, -0.2) is 0 Å². The summed E-state index contributed by atoms with van der Waals surface area (Å²) >= 11 is 0. The van der Waals surface area contributed by atoms with E-state index in [9.17, 15) is 4.79 Å². The molecule has 24 heavy (non-hydrogen) atoms. The van der Waals surface area contributed by atoms with Crippen molar-refractivity contribution < 1.29 is 4.79 Å². The van der Waals surface area contributed by atoms with Crippen LogP contribution in [0, 0.1) is 11.8 Å². The van der Waals surface area contributed by atoms with E-state index in [0.29, 0.717) is 6.04 Å². The van der Waals surface area contributed by atoms with Gasteiger partial charge in [0.15, 0.2) is 0 Å². The number of hydrogen-bond acceptors (Lipinski definition) is 3. The second-order valence-corrected chi connectivity index (χ2v) is 7.70. The summed E-state index contributed by atoms with van der Waals surface area (Å²) in [6, 6.07) is 0.405. The zero-order chi connectivity index (χ0) is 15.2. The van der Waals surface area contributed by atoms with E-state index in [1.54, 1.807) is 0 Å². The zero-order valence-corrected chi connectivity index (χ0v) is 16.4. The summed E-state index contributed by atoms with van der Waals surface area (Å²) in [4.78, 5) is 14.7. The van der Waals surface area contributed by atoms with E-state index in [1.807, 2.05) is 0 Å². The zero-order valence-electron chi connectivity index (χ0n) is 14.8. The summed E-state index contributed by atoms with van der Waals surface area (Å²) in [7, 11) is 0. The number of nitrogens with one attached hydrogen (secondary N) is 2. The molecule has 4 nitrogen and oxygen atoms in total. The average Bonchev–Trinajstić information content (AvgIpc) is 3.19. The van der Waals surface area contributed by atoms with Gasteiger partial charge in [0.1, 0.15) is 0 Å². The van der Waals surface area contributed by atoms with Crippen molar-refractivity contribution in [2.75, 3.05) is 32.7 Å². The Morgan fingerprint density at radius 3 is 2.42 bits per heavy atom. The maximum atomic E-state index is 12.1. The molecule has 2 heterocycles. The van der Waals surface area contributed by atoms with Gasteiger partial charge in [0.25, 0.3) is 0 Å². The third kappa shape index (κ3) is 7.07. The highest BCUT2D eigenvalue weighted by Crippen LogP contribution is 2.26. The molecule has 1 atom stereocenters. The maximum absolute atomic E-state index is 12.1. The Labute approximate surface area is 159 Å². The van der Waals surface area contributed by atoms with Gasteiger partial charge < -0.3 is 15.5 Å². The highest BCUT2D eigenvalue weighted by molar-refractivity contribution is 5.85. The standard InChI is InChI=1S/C18H33N3O.2ClH/c22-18(6-5-15-7-10-19-11-8-15)20-17-9-12-21(14-17)13-16-3-1-2-4-16;;/h15-17,19H,1-14H2,(H,20,22);2*1H. The lowest BCUT2D eigenvalue weighted by Gasteiger charge is -2.23. The average molecular weight is 380 g/mol. The van der Waals surface area contributed by atoms with Crippen molar-refractivity contribution in [3.05, 3.63) is 0 Å². The van der Waals surface area contributed by atoms with E-state index in [1.165, 1.54) is 51.6 Å². The fourth-order valence-corrected chi connectivity index (χ4v) is 4.48. The van der Waals surface area contributed by atoms with Crippen molar-refractivity contribution in [2.24, 2.45) is 11.8 Å². The maximum Gasteiger partial charge on any atom is 0.220 e. The topological polar surface area (TPSA) is 44.4 Å². The van der Waals surface area contributed by atoms with Gasteiger partial charge >= 0.3 is 0 Å². The van der Waals surface area contributed by atoms with Crippen LogP contribution >= 0.6 is 24.8 Å². The molecule has 0 bridgehead atoms. The Bertz CT molecular complexity index is 358. The molecule has 2 saturated heterocycles. The first-order chi connectivity index (χ1) is 10.8. The lowest BCUT2D eigenvalue weighted by Crippen LogP contribution is -2.38. The Hall–Kier alpha value is -0.0300. The fraction of sp³-hybridized carbons (Fsp3) is 0.944. The number of rotatable bonds is 6. The summed E-state index contributed by atoms with van der Waals surface area (Å²) in [5.74, 6) is 1.97. The molecule has 0 spiro atoms. The Morgan fingerprint density at radius 1 is 1.00 bits per heavy atom. The van der Waals surface area contributed by atoms with Crippen LogP contribution in [0.25, 0.3) is 0 Å². The van der Waals surface area contributed by atoms with Crippen LogP contribution in [0.3, 0.4) is 0 Å². The molecule has 6 heteroatoms. The molecule has 0 aromatic carbocycles. The molecule has 3 fully saturated rings. The highest BCUT2D eigenvalue weighted by Gasteiger charge is 2.27. The minimum absolute atomic E-state index is 0. The molecule has 3 aliphatic rings. The van der Waals surface area contributed by atoms with Crippen LogP contribution in [0.1, 0.15) is 57.8 Å². The molecule has 0 aromatic rings. The first kappa shape index (κ1) is 22.0. The van der Waals surface area contributed by atoms with Crippen LogP contribution in [0.15, 0.2) is 0 Å². The van der Waals surface area contributed by atoms with Gasteiger partial charge in [-0.3, -0.25) is 4.79 Å². The minimum Gasteiger partial charge on any atom is -0.352 e. The van der Waals surface area contributed by atoms with Crippen molar-refractivity contribution >= 4 is 30.7 Å². The second kappa shape index (κ2) is 11.6. The summed E-state index contributed by atoms with van der Waals surface area (Å²) in [6.45, 7) is 5.78. The van der Waals surface area contributed by atoms with Crippen molar-refractivity contribution in [1.82, 2.24) is 15.5 Å². The molecule has 1 amide bonds. The smallest absolute Gasteiger partial charge is 0.220 e. The molecule has 2 N–H and O–H groups in total. The number of piperidine rings is 1. The predicted octanol–water partition coefficient (Wildman–Crippen LogP) is 2.99. The summed E-state index contributed by atoms with van der Waals surface area (Å²) < 4.78 is 0. The Balaban J connectivity index is 0.00000144. The lowest BCUT2D eigenvalue weighted by molar-refractivity contribution is -0.122. The normalized spacial score (nSPS) is 25.9. The van der Waals surface area contributed by atoms with E-state index < -0.39 is 0 Å². The number of carbonyl (C=O) groups excluding carboxylic acids is 1. The fourth-order valence-electron chi connectivity index (χ4n) is 4.48. The number of hydrogen-bond donors (Lipinski definition) is 2. The number of likely N-dealkylation sites (tertiary alicyclic amines) is 1. The molecule has 1 saturated carbocycles. The number of carbonyl (C=O) groups is 1. The quantitative estimate of drug-likeness (QED) is 0.745. The SMILES string of the molecule is Cl.Cl.O=C(CCC1CCNCC1)NC1CCN(CC2CCCC2)C1. The van der Waals surface area contributed by atoms with Crippen molar-refractivity contribution in [3.8, 4) is 0 Å². The monoisotopic (exact) mass is 379 g/mol. The first-order valence-corrected chi connectivity index (χ1v) is 9.52. The van der Waals surface area contributed by atoms with Gasteiger partial charge in [0.2, 0.25) is 5.91 Å². The van der Waals surface area contributed by atoms with Crippen LogP contribution in [0.2, 0.25) is 0 Å². The molecule has 142 valence electrons. The van der Waals surface area contributed by atoms with Crippen LogP contribution in [0.5, 0.6) is 0 Å². The molecular formula is C18H35Cl2N3O. The van der Waals surface area contributed by atoms with Gasteiger partial charge in [-0.15, -0.1) is 24.8 Å². The Morgan fingerprint density at radius 2 is 1.71 bits per heavy atom. The number of nitrogens with zero attached hydrogens (tertiary/aromatic N) is 1. The van der Waals surface area contributed by atoms with Crippen LogP contribution in [-0.4, -0.2) is 49.6 Å². The lowest BCUT2D eigenvalue weighted by atomic mass is 9.93. The van der Waals surface area contributed by atoms with Crippen molar-refractivity contribution in [3.63, 3.8) is 0 Å². The summed E-state index contributed by atoms with van der Waals surface area (Å²) in [5.41, 5.74) is 0.